The molecule has 4 aromatic rings. The van der Waals surface area contributed by atoms with Gasteiger partial charge in [0, 0.05) is 47.6 Å². The van der Waals surface area contributed by atoms with Crippen molar-refractivity contribution >= 4 is 78.6 Å². The van der Waals surface area contributed by atoms with E-state index in [0.717, 1.165) is 44.6 Å². The lowest BCUT2D eigenvalue weighted by Gasteiger charge is -2.36. The quantitative estimate of drug-likeness (QED) is 0.302. The van der Waals surface area contributed by atoms with Gasteiger partial charge in [-0.3, -0.25) is 14.9 Å². The smallest absolute Gasteiger partial charge is 0.264 e. The van der Waals surface area contributed by atoms with Gasteiger partial charge in [0.15, 0.2) is 5.11 Å². The van der Waals surface area contributed by atoms with Gasteiger partial charge in [0.05, 0.1) is 4.88 Å². The van der Waals surface area contributed by atoms with Gasteiger partial charge in [-0.1, -0.05) is 46.3 Å². The minimum Gasteiger partial charge on any atom is -0.368 e. The van der Waals surface area contributed by atoms with Crippen molar-refractivity contribution < 1.29 is 9.59 Å². The van der Waals surface area contributed by atoms with Crippen LogP contribution in [0, 0.1) is 0 Å². The molecule has 0 spiro atoms. The predicted octanol–water partition coefficient (Wildman–Crippen LogP) is 5.75. The average molecular weight is 580 g/mol. The number of benzene rings is 3. The highest BCUT2D eigenvalue weighted by Crippen LogP contribution is 2.26. The van der Waals surface area contributed by atoms with Crippen LogP contribution in [-0.4, -0.2) is 48.0 Å². The van der Waals surface area contributed by atoms with Crippen molar-refractivity contribution in [2.45, 2.75) is 0 Å². The van der Waals surface area contributed by atoms with Crippen LogP contribution < -0.4 is 15.5 Å². The molecule has 0 aliphatic carbocycles. The number of carbonyl (C=O) groups is 2. The van der Waals surface area contributed by atoms with Crippen molar-refractivity contribution in [1.82, 2.24) is 10.2 Å². The van der Waals surface area contributed by atoms with E-state index in [2.05, 4.69) is 31.5 Å². The van der Waals surface area contributed by atoms with Crippen LogP contribution in [0.15, 0.2) is 82.6 Å². The van der Waals surface area contributed by atoms with Crippen LogP contribution in [0.3, 0.4) is 0 Å². The van der Waals surface area contributed by atoms with Gasteiger partial charge >= 0.3 is 0 Å². The average Bonchev–Trinajstić information content (AvgIpc) is 3.44. The molecule has 2 amide bonds. The van der Waals surface area contributed by atoms with E-state index in [4.69, 9.17) is 12.2 Å². The third-order valence-electron chi connectivity index (χ3n) is 6.13. The van der Waals surface area contributed by atoms with Crippen LogP contribution in [-0.2, 0) is 0 Å². The van der Waals surface area contributed by atoms with Gasteiger partial charge in [0.2, 0.25) is 0 Å². The number of thiophene rings is 1. The normalized spacial score (nSPS) is 13.5. The Morgan fingerprint density at radius 1 is 0.861 bits per heavy atom. The lowest BCUT2D eigenvalue weighted by atomic mass is 10.0. The summed E-state index contributed by atoms with van der Waals surface area (Å²) in [6.07, 6.45) is 0. The van der Waals surface area contributed by atoms with E-state index in [1.54, 1.807) is 6.07 Å². The molecule has 0 atom stereocenters. The third-order valence-corrected chi connectivity index (χ3v) is 7.88. The van der Waals surface area contributed by atoms with Crippen molar-refractivity contribution in [3.05, 3.63) is 93.1 Å². The molecule has 0 unspecified atom stereocenters. The molecule has 1 aliphatic rings. The first-order valence-corrected chi connectivity index (χ1v) is 13.5. The second-order valence-electron chi connectivity index (χ2n) is 8.35. The van der Waals surface area contributed by atoms with Crippen molar-refractivity contribution in [3.63, 3.8) is 0 Å². The first kappa shape index (κ1) is 24.4. The Bertz CT molecular complexity index is 1420. The highest BCUT2D eigenvalue weighted by molar-refractivity contribution is 9.10. The maximum Gasteiger partial charge on any atom is 0.264 e. The van der Waals surface area contributed by atoms with Crippen molar-refractivity contribution in [1.29, 1.82) is 0 Å². The number of amides is 2. The first-order chi connectivity index (χ1) is 17.5. The zero-order valence-corrected chi connectivity index (χ0v) is 22.5. The largest absolute Gasteiger partial charge is 0.368 e. The summed E-state index contributed by atoms with van der Waals surface area (Å²) in [5, 5.41) is 9.86. The maximum absolute atomic E-state index is 12.9. The minimum atomic E-state index is -0.261. The van der Waals surface area contributed by atoms with Gasteiger partial charge in [0.1, 0.15) is 0 Å². The van der Waals surface area contributed by atoms with Crippen LogP contribution >= 0.6 is 39.5 Å². The van der Waals surface area contributed by atoms with E-state index in [1.807, 2.05) is 77.0 Å². The lowest BCUT2D eigenvalue weighted by Crippen LogP contribution is -2.48. The summed E-state index contributed by atoms with van der Waals surface area (Å²) in [7, 11) is 0. The van der Waals surface area contributed by atoms with Crippen LogP contribution in [0.2, 0.25) is 0 Å². The fourth-order valence-corrected chi connectivity index (χ4v) is 5.68. The second-order valence-corrected chi connectivity index (χ2v) is 10.6. The Labute approximate surface area is 227 Å². The molecule has 36 heavy (non-hydrogen) atoms. The fraction of sp³-hybridized carbons (Fsp3) is 0.148. The summed E-state index contributed by atoms with van der Waals surface area (Å²) in [4.78, 5) is 30.4. The molecular weight excluding hydrogens is 556 g/mol. The molecular formula is C27H23BrN4O2S2. The molecule has 6 nitrogen and oxygen atoms in total. The molecule has 1 fully saturated rings. The topological polar surface area (TPSA) is 64.7 Å². The summed E-state index contributed by atoms with van der Waals surface area (Å²) < 4.78 is 0.936. The van der Waals surface area contributed by atoms with Crippen molar-refractivity contribution in [3.8, 4) is 0 Å². The minimum absolute atomic E-state index is 0.107. The number of nitrogens with one attached hydrogen (secondary N) is 2. The number of halogens is 1. The molecule has 0 radical (unpaired) electrons. The van der Waals surface area contributed by atoms with E-state index >= 15 is 0 Å². The van der Waals surface area contributed by atoms with Gasteiger partial charge in [-0.2, -0.15) is 0 Å². The number of hydrogen-bond donors (Lipinski definition) is 2. The lowest BCUT2D eigenvalue weighted by molar-refractivity contribution is 0.0751. The Balaban J connectivity index is 1.16. The monoisotopic (exact) mass is 578 g/mol. The summed E-state index contributed by atoms with van der Waals surface area (Å²) in [6.45, 7) is 2.94. The summed E-state index contributed by atoms with van der Waals surface area (Å²) in [5.74, 6) is -0.154. The molecule has 2 heterocycles. The Morgan fingerprint density at radius 3 is 2.31 bits per heavy atom. The SMILES string of the molecule is O=C(NC(=S)Nc1ccc(N2CCN(C(=O)c3cccs3)CC2)cc1)c1cccc2c(Br)cccc12. The molecule has 3 aromatic carbocycles. The van der Waals surface area contributed by atoms with E-state index in [1.165, 1.54) is 11.3 Å². The number of hydrogen-bond acceptors (Lipinski definition) is 5. The number of carbonyl (C=O) groups excluding carboxylic acids is 2. The number of thiocarbonyl (C=S) groups is 1. The van der Waals surface area contributed by atoms with Crippen molar-refractivity contribution in [2.24, 2.45) is 0 Å². The molecule has 0 saturated carbocycles. The van der Waals surface area contributed by atoms with Gasteiger partial charge in [0.25, 0.3) is 11.8 Å². The summed E-state index contributed by atoms with van der Waals surface area (Å²) >= 11 is 10.4. The standard InChI is InChI=1S/C27H23BrN4O2S2/c28-23-7-2-4-20-21(23)5-1-6-22(20)25(33)30-27(35)29-18-9-11-19(12-10-18)31-13-15-32(16-14-31)26(34)24-8-3-17-36-24/h1-12,17H,13-16H2,(H2,29,30,33,35). The molecule has 2 N–H and O–H groups in total. The van der Waals surface area contributed by atoms with Gasteiger partial charge in [-0.15, -0.1) is 11.3 Å². The first-order valence-electron chi connectivity index (χ1n) is 11.5. The number of rotatable bonds is 4. The number of nitrogens with zero attached hydrogens (tertiary/aromatic N) is 2. The second kappa shape index (κ2) is 10.8. The zero-order valence-electron chi connectivity index (χ0n) is 19.2. The Morgan fingerprint density at radius 2 is 1.58 bits per heavy atom. The van der Waals surface area contributed by atoms with Crippen molar-refractivity contribution in [2.75, 3.05) is 36.4 Å². The summed E-state index contributed by atoms with van der Waals surface area (Å²) in [6, 6.07) is 23.1. The molecule has 1 saturated heterocycles. The van der Waals surface area contributed by atoms with E-state index < -0.39 is 0 Å². The molecule has 5 rings (SSSR count). The Hall–Kier alpha value is -3.27. The molecule has 1 aliphatic heterocycles. The molecule has 9 heteroatoms. The number of anilines is 2. The van der Waals surface area contributed by atoms with Gasteiger partial charge < -0.3 is 15.1 Å². The van der Waals surface area contributed by atoms with E-state index in [-0.39, 0.29) is 16.9 Å². The number of piperazine rings is 1. The highest BCUT2D eigenvalue weighted by Gasteiger charge is 2.23. The fourth-order valence-electron chi connectivity index (χ4n) is 4.28. The molecule has 1 aromatic heterocycles. The van der Waals surface area contributed by atoms with Crippen LogP contribution in [0.25, 0.3) is 10.8 Å². The van der Waals surface area contributed by atoms with Crippen LogP contribution in [0.1, 0.15) is 20.0 Å². The molecule has 0 bridgehead atoms. The zero-order chi connectivity index (χ0) is 25.1. The molecule has 182 valence electrons. The predicted molar refractivity (Wildman–Crippen MR) is 154 cm³/mol. The highest BCUT2D eigenvalue weighted by atomic mass is 79.9. The maximum atomic E-state index is 12.9. The van der Waals surface area contributed by atoms with Crippen LogP contribution in [0.5, 0.6) is 0 Å². The Kier molecular flexibility index (Phi) is 7.31. The van der Waals surface area contributed by atoms with Crippen LogP contribution in [0.4, 0.5) is 11.4 Å². The van der Waals surface area contributed by atoms with Gasteiger partial charge in [-0.25, -0.2) is 0 Å². The summed E-state index contributed by atoms with van der Waals surface area (Å²) in [5.41, 5.74) is 2.43. The number of fused-ring (bicyclic) bond motifs is 1. The van der Waals surface area contributed by atoms with E-state index in [0.29, 0.717) is 18.7 Å². The third kappa shape index (κ3) is 5.28. The van der Waals surface area contributed by atoms with E-state index in [9.17, 15) is 9.59 Å². The van der Waals surface area contributed by atoms with Gasteiger partial charge in [-0.05, 0) is 70.8 Å².